The number of hydrogen-bond donors (Lipinski definition) is 2. The number of carbonyl (C=O) groups is 2. The van der Waals surface area contributed by atoms with Crippen molar-refractivity contribution in [3.05, 3.63) is 35.4 Å². The number of aliphatic hydroxyl groups excluding tert-OH is 1. The molecule has 0 bridgehead atoms. The number of fused-ring (bicyclic) bond motifs is 1. The summed E-state index contributed by atoms with van der Waals surface area (Å²) in [5, 5.41) is 8.70. The molecule has 0 radical (unpaired) electrons. The molecule has 0 aromatic heterocycles. The van der Waals surface area contributed by atoms with E-state index >= 15 is 0 Å². The van der Waals surface area contributed by atoms with E-state index < -0.39 is 27.3 Å². The van der Waals surface area contributed by atoms with Crippen molar-refractivity contribution in [1.29, 1.82) is 0 Å². The molecule has 2 N–H and O–H groups in total. The number of rotatable bonds is 7. The maximum Gasteiger partial charge on any atom is 0.261 e. The van der Waals surface area contributed by atoms with Gasteiger partial charge in [0.15, 0.2) is 0 Å². The van der Waals surface area contributed by atoms with Crippen molar-refractivity contribution in [2.45, 2.75) is 13.8 Å². The second-order valence-corrected chi connectivity index (χ2v) is 8.09. The average molecular weight is 340 g/mol. The van der Waals surface area contributed by atoms with Gasteiger partial charge in [-0.25, -0.2) is 13.1 Å². The second kappa shape index (κ2) is 6.38. The Bertz CT molecular complexity index is 692. The first-order valence-corrected chi connectivity index (χ1v) is 8.85. The summed E-state index contributed by atoms with van der Waals surface area (Å²) in [4.78, 5) is 25.7. The van der Waals surface area contributed by atoms with Gasteiger partial charge in [-0.3, -0.25) is 14.5 Å². The van der Waals surface area contributed by atoms with Crippen LogP contribution in [0.3, 0.4) is 0 Å². The Kier molecular flexibility index (Phi) is 4.88. The fourth-order valence-corrected chi connectivity index (χ4v) is 4.25. The molecule has 2 amide bonds. The summed E-state index contributed by atoms with van der Waals surface area (Å²) < 4.78 is 26.2. The molecule has 23 heavy (non-hydrogen) atoms. The highest BCUT2D eigenvalue weighted by molar-refractivity contribution is 7.89. The second-order valence-electron chi connectivity index (χ2n) is 6.28. The van der Waals surface area contributed by atoms with Gasteiger partial charge in [0.2, 0.25) is 10.0 Å². The van der Waals surface area contributed by atoms with Gasteiger partial charge in [-0.2, -0.15) is 0 Å². The molecule has 0 atom stereocenters. The molecular formula is C15H20N2O5S. The van der Waals surface area contributed by atoms with Crippen LogP contribution < -0.4 is 4.72 Å². The van der Waals surface area contributed by atoms with Crippen LogP contribution in [0.2, 0.25) is 0 Å². The molecule has 1 aliphatic heterocycles. The molecule has 0 unspecified atom stereocenters. The predicted octanol–water partition coefficient (Wildman–Crippen LogP) is 0.221. The topological polar surface area (TPSA) is 104 Å². The zero-order valence-electron chi connectivity index (χ0n) is 13.1. The van der Waals surface area contributed by atoms with Crippen LogP contribution in [-0.2, 0) is 10.0 Å². The SMILES string of the molecule is CC(C)(CN1C(=O)c2ccccc2C1=O)CS(=O)(=O)NCCO. The largest absolute Gasteiger partial charge is 0.395 e. The molecule has 7 nitrogen and oxygen atoms in total. The molecule has 8 heteroatoms. The summed E-state index contributed by atoms with van der Waals surface area (Å²) in [6.07, 6.45) is 0. The molecule has 0 spiro atoms. The molecule has 1 aromatic rings. The number of hydrogen-bond acceptors (Lipinski definition) is 5. The zero-order valence-corrected chi connectivity index (χ0v) is 13.9. The van der Waals surface area contributed by atoms with Crippen molar-refractivity contribution in [1.82, 2.24) is 9.62 Å². The molecular weight excluding hydrogens is 320 g/mol. The summed E-state index contributed by atoms with van der Waals surface area (Å²) in [5.41, 5.74) is -0.140. The molecule has 0 saturated heterocycles. The summed E-state index contributed by atoms with van der Waals surface area (Å²) in [6, 6.07) is 6.54. The molecule has 1 heterocycles. The van der Waals surface area contributed by atoms with Crippen molar-refractivity contribution < 1.29 is 23.1 Å². The van der Waals surface area contributed by atoms with Gasteiger partial charge in [-0.15, -0.1) is 0 Å². The molecule has 1 aliphatic rings. The smallest absolute Gasteiger partial charge is 0.261 e. The van der Waals surface area contributed by atoms with Crippen molar-refractivity contribution in [2.24, 2.45) is 5.41 Å². The van der Waals surface area contributed by atoms with Crippen LogP contribution in [0.4, 0.5) is 0 Å². The quantitative estimate of drug-likeness (QED) is 0.691. The van der Waals surface area contributed by atoms with E-state index in [1.165, 1.54) is 0 Å². The number of aliphatic hydroxyl groups is 1. The minimum absolute atomic E-state index is 0.000613. The normalized spacial score (nSPS) is 15.2. The van der Waals surface area contributed by atoms with Crippen LogP contribution >= 0.6 is 0 Å². The van der Waals surface area contributed by atoms with Crippen molar-refractivity contribution in [3.63, 3.8) is 0 Å². The van der Waals surface area contributed by atoms with Crippen LogP contribution in [0.5, 0.6) is 0 Å². The van der Waals surface area contributed by atoms with Gasteiger partial charge in [0.1, 0.15) is 0 Å². The number of benzene rings is 1. The van der Waals surface area contributed by atoms with Gasteiger partial charge < -0.3 is 5.11 Å². The molecule has 0 saturated carbocycles. The highest BCUT2D eigenvalue weighted by Gasteiger charge is 2.39. The van der Waals surface area contributed by atoms with Crippen LogP contribution in [0.15, 0.2) is 24.3 Å². The highest BCUT2D eigenvalue weighted by atomic mass is 32.2. The lowest BCUT2D eigenvalue weighted by Gasteiger charge is -2.28. The number of sulfonamides is 1. The Hall–Kier alpha value is -1.77. The first-order valence-electron chi connectivity index (χ1n) is 7.20. The number of imide groups is 1. The fraction of sp³-hybridized carbons (Fsp3) is 0.467. The molecule has 1 aromatic carbocycles. The van der Waals surface area contributed by atoms with E-state index in [0.29, 0.717) is 11.1 Å². The Morgan fingerprint density at radius 2 is 1.65 bits per heavy atom. The lowest BCUT2D eigenvalue weighted by molar-refractivity contribution is 0.0601. The monoisotopic (exact) mass is 340 g/mol. The standard InChI is InChI=1S/C15H20N2O5S/c1-15(2,10-23(21,22)16-7-8-18)9-17-13(19)11-5-3-4-6-12(11)14(17)20/h3-6,16,18H,7-10H2,1-2H3. The number of amides is 2. The van der Waals surface area contributed by atoms with E-state index in [2.05, 4.69) is 4.72 Å². The van der Waals surface area contributed by atoms with E-state index in [-0.39, 0.29) is 25.4 Å². The number of carbonyl (C=O) groups excluding carboxylic acids is 2. The number of nitrogens with one attached hydrogen (secondary N) is 1. The fourth-order valence-electron chi connectivity index (χ4n) is 2.62. The minimum atomic E-state index is -3.60. The molecule has 126 valence electrons. The van der Waals surface area contributed by atoms with Crippen molar-refractivity contribution >= 4 is 21.8 Å². The predicted molar refractivity (Wildman–Crippen MR) is 84.5 cm³/mol. The highest BCUT2D eigenvalue weighted by Crippen LogP contribution is 2.27. The van der Waals surface area contributed by atoms with Gasteiger partial charge in [0.05, 0.1) is 23.5 Å². The Morgan fingerprint density at radius 3 is 2.13 bits per heavy atom. The summed E-state index contributed by atoms with van der Waals surface area (Å²) in [6.45, 7) is 2.99. The molecule has 0 aliphatic carbocycles. The first kappa shape index (κ1) is 17.6. The minimum Gasteiger partial charge on any atom is -0.395 e. The molecule has 0 fully saturated rings. The van der Waals surface area contributed by atoms with Gasteiger partial charge in [0, 0.05) is 13.1 Å². The van der Waals surface area contributed by atoms with Crippen molar-refractivity contribution in [2.75, 3.05) is 25.4 Å². The van der Waals surface area contributed by atoms with Gasteiger partial charge in [-0.05, 0) is 17.5 Å². The third-order valence-corrected chi connectivity index (χ3v) is 5.28. The van der Waals surface area contributed by atoms with Gasteiger partial charge >= 0.3 is 0 Å². The van der Waals surface area contributed by atoms with E-state index in [1.54, 1.807) is 38.1 Å². The third-order valence-electron chi connectivity index (χ3n) is 3.48. The maximum atomic E-state index is 12.3. The molecule has 2 rings (SSSR count). The van der Waals surface area contributed by atoms with E-state index in [9.17, 15) is 18.0 Å². The average Bonchev–Trinajstić information content (AvgIpc) is 2.69. The van der Waals surface area contributed by atoms with Crippen LogP contribution in [0, 0.1) is 5.41 Å². The summed E-state index contributed by atoms with van der Waals surface area (Å²) in [5.74, 6) is -1.06. The lowest BCUT2D eigenvalue weighted by atomic mass is 9.95. The number of nitrogens with zero attached hydrogens (tertiary/aromatic N) is 1. The lowest BCUT2D eigenvalue weighted by Crippen LogP contribution is -2.44. The zero-order chi connectivity index (χ0) is 17.3. The Balaban J connectivity index is 2.13. The maximum absolute atomic E-state index is 12.3. The van der Waals surface area contributed by atoms with E-state index in [0.717, 1.165) is 4.90 Å². The summed E-state index contributed by atoms with van der Waals surface area (Å²) >= 11 is 0. The first-order chi connectivity index (χ1) is 10.7. The van der Waals surface area contributed by atoms with Gasteiger partial charge in [0.25, 0.3) is 11.8 Å². The van der Waals surface area contributed by atoms with E-state index in [4.69, 9.17) is 5.11 Å². The van der Waals surface area contributed by atoms with Gasteiger partial charge in [-0.1, -0.05) is 26.0 Å². The van der Waals surface area contributed by atoms with Crippen molar-refractivity contribution in [3.8, 4) is 0 Å². The Morgan fingerprint density at radius 1 is 1.13 bits per heavy atom. The Labute approximate surface area is 135 Å². The van der Waals surface area contributed by atoms with Crippen LogP contribution in [-0.4, -0.2) is 55.7 Å². The van der Waals surface area contributed by atoms with Crippen LogP contribution in [0.25, 0.3) is 0 Å². The summed E-state index contributed by atoms with van der Waals surface area (Å²) in [7, 11) is -3.60. The van der Waals surface area contributed by atoms with Crippen LogP contribution in [0.1, 0.15) is 34.6 Å². The van der Waals surface area contributed by atoms with E-state index in [1.807, 2.05) is 0 Å². The third kappa shape index (κ3) is 3.95.